The van der Waals surface area contributed by atoms with Crippen molar-refractivity contribution in [3.05, 3.63) is 65.2 Å². The third-order valence-corrected chi connectivity index (χ3v) is 6.73. The Morgan fingerprint density at radius 1 is 1.03 bits per heavy atom. The van der Waals surface area contributed by atoms with E-state index in [1.807, 2.05) is 30.5 Å². The van der Waals surface area contributed by atoms with Gasteiger partial charge < -0.3 is 9.14 Å². The molecule has 1 saturated heterocycles. The summed E-state index contributed by atoms with van der Waals surface area (Å²) in [5.41, 5.74) is 4.51. The third-order valence-electron chi connectivity index (χ3n) is 6.73. The molecule has 0 saturated carbocycles. The summed E-state index contributed by atoms with van der Waals surface area (Å²) in [5.74, 6) is -0.766. The molecule has 0 N–H and O–H groups in total. The maximum absolute atomic E-state index is 13.5. The van der Waals surface area contributed by atoms with Crippen LogP contribution in [0.2, 0.25) is 0 Å². The van der Waals surface area contributed by atoms with Crippen LogP contribution in [0.5, 0.6) is 0 Å². The van der Waals surface area contributed by atoms with Crippen molar-refractivity contribution in [1.29, 1.82) is 0 Å². The zero-order valence-electron chi connectivity index (χ0n) is 20.9. The Morgan fingerprint density at radius 3 is 2.25 bits per heavy atom. The lowest BCUT2D eigenvalue weighted by atomic mass is 9.99. The van der Waals surface area contributed by atoms with Crippen LogP contribution in [0.25, 0.3) is 16.6 Å². The molecule has 0 bridgehead atoms. The minimum atomic E-state index is -4.22. The molecule has 2 aromatic heterocycles. The number of nitrogens with zero attached hydrogens (tertiary/aromatic N) is 3. The second-order valence-electron chi connectivity index (χ2n) is 9.62. The standard InChI is InChI=1S/C27H31F4N3O2/c1-17(2)36-26(35)23-15-24-22(20-5-7-21(28)8-6-20)9-10-34(24)25(18(23)3)19(4)33-13-11-32(12-14-33)16-27(29,30)31/h5-10,15,17,19H,11-14,16H2,1-4H3. The molecule has 1 aromatic carbocycles. The van der Waals surface area contributed by atoms with Crippen LogP contribution in [0.4, 0.5) is 17.6 Å². The molecule has 0 aliphatic carbocycles. The lowest BCUT2D eigenvalue weighted by molar-refractivity contribution is -0.149. The molecule has 1 aliphatic rings. The van der Waals surface area contributed by atoms with E-state index in [0.29, 0.717) is 31.7 Å². The first-order valence-electron chi connectivity index (χ1n) is 12.1. The molecule has 1 aliphatic heterocycles. The van der Waals surface area contributed by atoms with Crippen LogP contribution in [0.15, 0.2) is 42.6 Å². The van der Waals surface area contributed by atoms with E-state index in [1.165, 1.54) is 17.0 Å². The Hall–Kier alpha value is -2.91. The number of carbonyl (C=O) groups excluding carboxylic acids is 1. The largest absolute Gasteiger partial charge is 0.459 e. The summed E-state index contributed by atoms with van der Waals surface area (Å²) < 4.78 is 59.6. The number of halogens is 4. The molecule has 36 heavy (non-hydrogen) atoms. The van der Waals surface area contributed by atoms with Gasteiger partial charge in [0.15, 0.2) is 0 Å². The normalized spacial score (nSPS) is 16.6. The monoisotopic (exact) mass is 505 g/mol. The van der Waals surface area contributed by atoms with E-state index in [4.69, 9.17) is 4.74 Å². The van der Waals surface area contributed by atoms with Gasteiger partial charge in [-0.25, -0.2) is 9.18 Å². The third kappa shape index (κ3) is 5.57. The molecule has 4 rings (SSSR count). The van der Waals surface area contributed by atoms with Crippen molar-refractivity contribution in [2.45, 2.75) is 46.0 Å². The van der Waals surface area contributed by atoms with Crippen molar-refractivity contribution >= 4 is 11.5 Å². The number of benzene rings is 1. The second-order valence-corrected chi connectivity index (χ2v) is 9.62. The molecule has 0 spiro atoms. The smallest absolute Gasteiger partial charge is 0.401 e. The first-order chi connectivity index (χ1) is 16.9. The van der Waals surface area contributed by atoms with E-state index in [9.17, 15) is 22.4 Å². The van der Waals surface area contributed by atoms with Gasteiger partial charge in [-0.05, 0) is 63.1 Å². The Morgan fingerprint density at radius 2 is 1.67 bits per heavy atom. The van der Waals surface area contributed by atoms with Gasteiger partial charge in [-0.15, -0.1) is 0 Å². The van der Waals surface area contributed by atoms with E-state index in [1.54, 1.807) is 32.0 Å². The van der Waals surface area contributed by atoms with Crippen molar-refractivity contribution in [3.63, 3.8) is 0 Å². The minimum Gasteiger partial charge on any atom is -0.459 e. The van der Waals surface area contributed by atoms with Gasteiger partial charge in [0.05, 0.1) is 23.7 Å². The summed E-state index contributed by atoms with van der Waals surface area (Å²) in [6.07, 6.45) is -2.59. The Bertz CT molecular complexity index is 1230. The zero-order chi connectivity index (χ0) is 26.2. The average Bonchev–Trinajstić information content (AvgIpc) is 3.21. The first-order valence-corrected chi connectivity index (χ1v) is 12.1. The van der Waals surface area contributed by atoms with Gasteiger partial charge in [-0.2, -0.15) is 13.2 Å². The summed E-state index contributed by atoms with van der Waals surface area (Å²) in [5, 5.41) is 0. The van der Waals surface area contributed by atoms with E-state index < -0.39 is 18.7 Å². The lowest BCUT2D eigenvalue weighted by Crippen LogP contribution is -2.49. The van der Waals surface area contributed by atoms with Crippen molar-refractivity contribution < 1.29 is 27.1 Å². The molecule has 5 nitrogen and oxygen atoms in total. The van der Waals surface area contributed by atoms with Crippen LogP contribution >= 0.6 is 0 Å². The van der Waals surface area contributed by atoms with Crippen LogP contribution < -0.4 is 0 Å². The highest BCUT2D eigenvalue weighted by Crippen LogP contribution is 2.34. The average molecular weight is 506 g/mol. The second kappa shape index (κ2) is 10.2. The molecule has 1 fully saturated rings. The Labute approximate surface area is 208 Å². The molecule has 3 aromatic rings. The van der Waals surface area contributed by atoms with Gasteiger partial charge in [0.1, 0.15) is 5.82 Å². The zero-order valence-corrected chi connectivity index (χ0v) is 20.9. The molecule has 3 heterocycles. The maximum Gasteiger partial charge on any atom is 0.401 e. The highest BCUT2D eigenvalue weighted by atomic mass is 19.4. The van der Waals surface area contributed by atoms with Crippen molar-refractivity contribution in [3.8, 4) is 11.1 Å². The first kappa shape index (κ1) is 26.2. The number of hydrogen-bond acceptors (Lipinski definition) is 4. The minimum absolute atomic E-state index is 0.166. The number of ether oxygens (including phenoxy) is 1. The molecule has 9 heteroatoms. The predicted molar refractivity (Wildman–Crippen MR) is 131 cm³/mol. The van der Waals surface area contributed by atoms with Crippen LogP contribution in [0.1, 0.15) is 48.4 Å². The number of alkyl halides is 3. The molecule has 1 unspecified atom stereocenters. The summed E-state index contributed by atoms with van der Waals surface area (Å²) in [7, 11) is 0. The number of carbonyl (C=O) groups is 1. The molecule has 0 amide bonds. The number of esters is 1. The Balaban J connectivity index is 1.75. The molecular weight excluding hydrogens is 474 g/mol. The van der Waals surface area contributed by atoms with E-state index >= 15 is 0 Å². The lowest BCUT2D eigenvalue weighted by Gasteiger charge is -2.39. The number of pyridine rings is 1. The van der Waals surface area contributed by atoms with Crippen LogP contribution in [-0.4, -0.2) is 65.2 Å². The fourth-order valence-corrected chi connectivity index (χ4v) is 4.98. The number of hydrogen-bond donors (Lipinski definition) is 0. The molecule has 194 valence electrons. The number of rotatable bonds is 6. The highest BCUT2D eigenvalue weighted by Gasteiger charge is 2.34. The number of piperazine rings is 1. The fraction of sp³-hybridized carbons (Fsp3) is 0.444. The van der Waals surface area contributed by atoms with Crippen LogP contribution in [-0.2, 0) is 4.74 Å². The summed E-state index contributed by atoms with van der Waals surface area (Å²) in [6.45, 7) is 8.13. The SMILES string of the molecule is Cc1c(C(=O)OC(C)C)cc2c(-c3ccc(F)cc3)ccn2c1C(C)N1CCN(CC(F)(F)F)CC1. The van der Waals surface area contributed by atoms with Crippen molar-refractivity contribution in [2.75, 3.05) is 32.7 Å². The van der Waals surface area contributed by atoms with Gasteiger partial charge in [-0.1, -0.05) is 12.1 Å². The molecule has 1 atom stereocenters. The number of fused-ring (bicyclic) bond motifs is 1. The van der Waals surface area contributed by atoms with Gasteiger partial charge >= 0.3 is 12.1 Å². The predicted octanol–water partition coefficient (Wildman–Crippen LogP) is 5.86. The van der Waals surface area contributed by atoms with E-state index in [2.05, 4.69) is 4.90 Å². The van der Waals surface area contributed by atoms with Gasteiger partial charge in [0, 0.05) is 49.7 Å². The van der Waals surface area contributed by atoms with E-state index in [-0.39, 0.29) is 18.0 Å². The molecule has 0 radical (unpaired) electrons. The van der Waals surface area contributed by atoms with Crippen molar-refractivity contribution in [2.24, 2.45) is 0 Å². The summed E-state index contributed by atoms with van der Waals surface area (Å²) >= 11 is 0. The van der Waals surface area contributed by atoms with Crippen molar-refractivity contribution in [1.82, 2.24) is 14.2 Å². The topological polar surface area (TPSA) is 37.2 Å². The summed E-state index contributed by atoms with van der Waals surface area (Å²) in [6, 6.07) is 9.74. The Kier molecular flexibility index (Phi) is 7.43. The number of aromatic nitrogens is 1. The quantitative estimate of drug-likeness (QED) is 0.311. The van der Waals surface area contributed by atoms with Gasteiger partial charge in [0.25, 0.3) is 0 Å². The fourth-order valence-electron chi connectivity index (χ4n) is 4.98. The molecular formula is C27H31F4N3O2. The van der Waals surface area contributed by atoms with Gasteiger partial charge in [-0.3, -0.25) is 9.80 Å². The highest BCUT2D eigenvalue weighted by molar-refractivity contribution is 5.95. The van der Waals surface area contributed by atoms with Crippen LogP contribution in [0.3, 0.4) is 0 Å². The van der Waals surface area contributed by atoms with Gasteiger partial charge in [0.2, 0.25) is 0 Å². The summed E-state index contributed by atoms with van der Waals surface area (Å²) in [4.78, 5) is 16.6. The van der Waals surface area contributed by atoms with Crippen LogP contribution in [0, 0.1) is 12.7 Å². The maximum atomic E-state index is 13.5. The van der Waals surface area contributed by atoms with E-state index in [0.717, 1.165) is 27.9 Å².